The number of aryl methyl sites for hydroxylation is 1. The average molecular weight is 416 g/mol. The van der Waals surface area contributed by atoms with Crippen molar-refractivity contribution < 1.29 is 22.7 Å². The highest BCUT2D eigenvalue weighted by molar-refractivity contribution is 7.89. The number of rotatable bonds is 4. The number of piperidine rings is 1. The fourth-order valence-corrected chi connectivity index (χ4v) is 5.12. The molecule has 1 saturated heterocycles. The van der Waals surface area contributed by atoms with Gasteiger partial charge in [0.25, 0.3) is 0 Å². The van der Waals surface area contributed by atoms with Crippen LogP contribution in [0.5, 0.6) is 11.5 Å². The Morgan fingerprint density at radius 2 is 1.79 bits per heavy atom. The summed E-state index contributed by atoms with van der Waals surface area (Å²) < 4.78 is 38.3. The van der Waals surface area contributed by atoms with E-state index in [0.29, 0.717) is 49.8 Å². The second kappa shape index (κ2) is 8.04. The van der Waals surface area contributed by atoms with Crippen molar-refractivity contribution >= 4 is 21.6 Å². The predicted molar refractivity (Wildman–Crippen MR) is 109 cm³/mol. The first kappa shape index (κ1) is 19.7. The van der Waals surface area contributed by atoms with Crippen molar-refractivity contribution in [1.29, 1.82) is 0 Å². The number of nitrogens with zero attached hydrogens (tertiary/aromatic N) is 1. The van der Waals surface area contributed by atoms with Crippen LogP contribution in [0.2, 0.25) is 0 Å². The number of amides is 1. The molecule has 2 aliphatic rings. The van der Waals surface area contributed by atoms with Crippen molar-refractivity contribution in [2.24, 2.45) is 5.92 Å². The van der Waals surface area contributed by atoms with Gasteiger partial charge in [-0.3, -0.25) is 4.79 Å². The van der Waals surface area contributed by atoms with Gasteiger partial charge in [0.2, 0.25) is 15.9 Å². The lowest BCUT2D eigenvalue weighted by molar-refractivity contribution is -0.120. The van der Waals surface area contributed by atoms with Gasteiger partial charge in [-0.1, -0.05) is 17.7 Å². The normalized spacial score (nSPS) is 19.6. The number of anilines is 1. The van der Waals surface area contributed by atoms with E-state index in [4.69, 9.17) is 9.47 Å². The largest absolute Gasteiger partial charge is 0.486 e. The summed E-state index contributed by atoms with van der Waals surface area (Å²) in [4.78, 5) is 13.0. The van der Waals surface area contributed by atoms with Crippen LogP contribution in [-0.2, 0) is 14.8 Å². The average Bonchev–Trinajstić information content (AvgIpc) is 2.74. The van der Waals surface area contributed by atoms with Crippen LogP contribution in [0, 0.1) is 12.8 Å². The standard InChI is InChI=1S/C21H24N2O5S/c1-15-4-7-18(8-5-15)29(25,26)23-10-2-3-16(14-23)21(24)22-17-6-9-19-20(13-17)28-12-11-27-19/h4-9,13,16H,2-3,10-12,14H2,1H3,(H,22,24)/t16-/m1/s1. The molecule has 1 atom stereocenters. The third-order valence-corrected chi connectivity index (χ3v) is 7.10. The van der Waals surface area contributed by atoms with Crippen LogP contribution in [-0.4, -0.2) is 44.9 Å². The van der Waals surface area contributed by atoms with E-state index >= 15 is 0 Å². The van der Waals surface area contributed by atoms with E-state index in [2.05, 4.69) is 5.32 Å². The van der Waals surface area contributed by atoms with Crippen LogP contribution in [0.1, 0.15) is 18.4 Å². The quantitative estimate of drug-likeness (QED) is 0.829. The minimum atomic E-state index is -3.61. The van der Waals surface area contributed by atoms with Gasteiger partial charge in [-0.25, -0.2) is 8.42 Å². The fourth-order valence-electron chi connectivity index (χ4n) is 3.60. The summed E-state index contributed by atoms with van der Waals surface area (Å²) in [6.07, 6.45) is 1.29. The number of nitrogens with one attached hydrogen (secondary N) is 1. The summed E-state index contributed by atoms with van der Waals surface area (Å²) in [6.45, 7) is 3.48. The maximum atomic E-state index is 12.9. The van der Waals surface area contributed by atoms with Crippen LogP contribution >= 0.6 is 0 Å². The molecule has 0 spiro atoms. The molecule has 0 aliphatic carbocycles. The Bertz CT molecular complexity index is 1000. The molecule has 2 aliphatic heterocycles. The Labute approximate surface area is 170 Å². The number of carbonyl (C=O) groups excluding carboxylic acids is 1. The van der Waals surface area contributed by atoms with Crippen LogP contribution < -0.4 is 14.8 Å². The first-order valence-electron chi connectivity index (χ1n) is 9.71. The molecule has 154 valence electrons. The smallest absolute Gasteiger partial charge is 0.243 e. The summed E-state index contributed by atoms with van der Waals surface area (Å²) in [6, 6.07) is 12.0. The molecule has 2 aromatic rings. The highest BCUT2D eigenvalue weighted by Gasteiger charge is 2.33. The second-order valence-corrected chi connectivity index (χ2v) is 9.30. The number of carbonyl (C=O) groups is 1. The van der Waals surface area contributed by atoms with Crippen LogP contribution in [0.3, 0.4) is 0 Å². The third-order valence-electron chi connectivity index (χ3n) is 5.22. The zero-order valence-electron chi connectivity index (χ0n) is 16.3. The van der Waals surface area contributed by atoms with E-state index in [1.165, 1.54) is 4.31 Å². The van der Waals surface area contributed by atoms with Gasteiger partial charge in [0.05, 0.1) is 10.8 Å². The Hall–Kier alpha value is -2.58. The van der Waals surface area contributed by atoms with Crippen molar-refractivity contribution in [3.63, 3.8) is 0 Å². The Morgan fingerprint density at radius 3 is 2.55 bits per heavy atom. The van der Waals surface area contributed by atoms with E-state index in [9.17, 15) is 13.2 Å². The molecule has 0 unspecified atom stereocenters. The van der Waals surface area contributed by atoms with Gasteiger partial charge in [-0.05, 0) is 44.0 Å². The van der Waals surface area contributed by atoms with E-state index < -0.39 is 15.9 Å². The molecule has 1 fully saturated rings. The van der Waals surface area contributed by atoms with E-state index in [1.54, 1.807) is 42.5 Å². The lowest BCUT2D eigenvalue weighted by Gasteiger charge is -2.31. The number of sulfonamides is 1. The molecule has 4 rings (SSSR count). The summed E-state index contributed by atoms with van der Waals surface area (Å²) in [7, 11) is -3.61. The summed E-state index contributed by atoms with van der Waals surface area (Å²) in [5.41, 5.74) is 1.61. The van der Waals surface area contributed by atoms with Crippen LogP contribution in [0.25, 0.3) is 0 Å². The predicted octanol–water partition coefficient (Wildman–Crippen LogP) is 2.81. The number of fused-ring (bicyclic) bond motifs is 1. The minimum Gasteiger partial charge on any atom is -0.486 e. The van der Waals surface area contributed by atoms with Crippen LogP contribution in [0.4, 0.5) is 5.69 Å². The lowest BCUT2D eigenvalue weighted by Crippen LogP contribution is -2.43. The fraction of sp³-hybridized carbons (Fsp3) is 0.381. The third kappa shape index (κ3) is 4.23. The van der Waals surface area contributed by atoms with Crippen molar-refractivity contribution in [3.8, 4) is 11.5 Å². The van der Waals surface area contributed by atoms with Crippen molar-refractivity contribution in [2.75, 3.05) is 31.6 Å². The molecule has 2 heterocycles. The molecule has 0 radical (unpaired) electrons. The van der Waals surface area contributed by atoms with E-state index in [0.717, 1.165) is 5.56 Å². The van der Waals surface area contributed by atoms with Gasteiger partial charge in [0.1, 0.15) is 13.2 Å². The highest BCUT2D eigenvalue weighted by atomic mass is 32.2. The molecule has 1 N–H and O–H groups in total. The monoisotopic (exact) mass is 416 g/mol. The zero-order chi connectivity index (χ0) is 20.4. The summed E-state index contributed by atoms with van der Waals surface area (Å²) in [5.74, 6) is 0.659. The molecule has 7 nitrogen and oxygen atoms in total. The summed E-state index contributed by atoms with van der Waals surface area (Å²) in [5, 5.41) is 2.89. The molecule has 2 aromatic carbocycles. The highest BCUT2D eigenvalue weighted by Crippen LogP contribution is 2.33. The Kier molecular flexibility index (Phi) is 5.47. The number of hydrogen-bond acceptors (Lipinski definition) is 5. The number of ether oxygens (including phenoxy) is 2. The molecule has 0 bridgehead atoms. The molecular formula is C21H24N2O5S. The molecule has 0 saturated carbocycles. The van der Waals surface area contributed by atoms with Gasteiger partial charge in [-0.15, -0.1) is 0 Å². The zero-order valence-corrected chi connectivity index (χ0v) is 17.1. The van der Waals surface area contributed by atoms with Crippen LogP contribution in [0.15, 0.2) is 47.4 Å². The van der Waals surface area contributed by atoms with E-state index in [-0.39, 0.29) is 17.3 Å². The first-order valence-corrected chi connectivity index (χ1v) is 11.1. The SMILES string of the molecule is Cc1ccc(S(=O)(=O)N2CCC[C@@H](C(=O)Nc3ccc4c(c3)OCCO4)C2)cc1. The van der Waals surface area contributed by atoms with Gasteiger partial charge in [0.15, 0.2) is 11.5 Å². The van der Waals surface area contributed by atoms with Gasteiger partial charge in [0, 0.05) is 24.8 Å². The lowest BCUT2D eigenvalue weighted by atomic mass is 9.98. The van der Waals surface area contributed by atoms with Gasteiger partial charge >= 0.3 is 0 Å². The van der Waals surface area contributed by atoms with Crippen molar-refractivity contribution in [3.05, 3.63) is 48.0 Å². The number of benzene rings is 2. The maximum absolute atomic E-state index is 12.9. The van der Waals surface area contributed by atoms with Crippen molar-refractivity contribution in [1.82, 2.24) is 4.31 Å². The van der Waals surface area contributed by atoms with Gasteiger partial charge in [-0.2, -0.15) is 4.31 Å². The van der Waals surface area contributed by atoms with Crippen molar-refractivity contribution in [2.45, 2.75) is 24.7 Å². The molecule has 0 aromatic heterocycles. The molecule has 29 heavy (non-hydrogen) atoms. The second-order valence-electron chi connectivity index (χ2n) is 7.36. The topological polar surface area (TPSA) is 84.9 Å². The molecular weight excluding hydrogens is 392 g/mol. The molecule has 8 heteroatoms. The first-order chi connectivity index (χ1) is 13.9. The minimum absolute atomic E-state index is 0.173. The Balaban J connectivity index is 1.45. The Morgan fingerprint density at radius 1 is 1.07 bits per heavy atom. The van der Waals surface area contributed by atoms with E-state index in [1.807, 2.05) is 6.92 Å². The summed E-state index contributed by atoms with van der Waals surface area (Å²) >= 11 is 0. The number of hydrogen-bond donors (Lipinski definition) is 1. The van der Waals surface area contributed by atoms with Gasteiger partial charge < -0.3 is 14.8 Å². The maximum Gasteiger partial charge on any atom is 0.243 e. The molecule has 1 amide bonds.